The summed E-state index contributed by atoms with van der Waals surface area (Å²) >= 11 is 0. The molecule has 1 saturated carbocycles. The fraction of sp³-hybridized carbons (Fsp3) is 0.467. The standard InChI is InChI=1S/C30H34N2O3/c1-19-6-4-7-21(16-19)10-13-27(34)31(3)24-12-11-23-25-17-22-8-5-9-26-28(22)30(23,29(24)35-26)14-15-32(25)18-20(2)33/h4-10,13,16,23-25,29H,11-12,14-15,17-18H2,1-3H3/t23-,24+,25+,29-,30-/m0/s1. The number of rotatable bonds is 5. The van der Waals surface area contributed by atoms with Crippen LogP contribution in [0.1, 0.15) is 48.4 Å². The van der Waals surface area contributed by atoms with Gasteiger partial charge in [0.15, 0.2) is 0 Å². The van der Waals surface area contributed by atoms with E-state index >= 15 is 0 Å². The molecule has 5 heteroatoms. The molecule has 182 valence electrons. The Morgan fingerprint density at radius 2 is 2.03 bits per heavy atom. The van der Waals surface area contributed by atoms with E-state index in [-0.39, 0.29) is 29.3 Å². The van der Waals surface area contributed by atoms with E-state index in [4.69, 9.17) is 4.74 Å². The first-order valence-corrected chi connectivity index (χ1v) is 12.9. The number of benzene rings is 2. The van der Waals surface area contributed by atoms with Crippen LogP contribution < -0.4 is 4.74 Å². The van der Waals surface area contributed by atoms with Gasteiger partial charge in [-0.25, -0.2) is 0 Å². The van der Waals surface area contributed by atoms with Crippen LogP contribution in [0.2, 0.25) is 0 Å². The quantitative estimate of drug-likeness (QED) is 0.616. The highest BCUT2D eigenvalue weighted by atomic mass is 16.5. The second kappa shape index (κ2) is 8.34. The molecule has 1 amide bonds. The van der Waals surface area contributed by atoms with E-state index < -0.39 is 0 Å². The minimum atomic E-state index is -0.0696. The third kappa shape index (κ3) is 3.47. The maximum Gasteiger partial charge on any atom is 0.246 e. The summed E-state index contributed by atoms with van der Waals surface area (Å²) in [5, 5.41) is 0. The number of hydrogen-bond acceptors (Lipinski definition) is 4. The first kappa shape index (κ1) is 22.5. The Hall–Kier alpha value is -2.92. The number of ketones is 1. The van der Waals surface area contributed by atoms with E-state index in [2.05, 4.69) is 42.2 Å². The van der Waals surface area contributed by atoms with Crippen molar-refractivity contribution in [3.63, 3.8) is 0 Å². The topological polar surface area (TPSA) is 49.9 Å². The number of likely N-dealkylation sites (N-methyl/N-ethyl adjacent to an activating group) is 1. The molecule has 1 saturated heterocycles. The number of carbonyl (C=O) groups excluding carboxylic acids is 2. The summed E-state index contributed by atoms with van der Waals surface area (Å²) < 4.78 is 6.75. The number of likely N-dealkylation sites (tertiary alicyclic amines) is 1. The molecule has 2 aliphatic carbocycles. The second-order valence-corrected chi connectivity index (χ2v) is 11.0. The van der Waals surface area contributed by atoms with Crippen molar-refractivity contribution in [3.8, 4) is 5.75 Å². The lowest BCUT2D eigenvalue weighted by molar-refractivity contribution is -0.136. The summed E-state index contributed by atoms with van der Waals surface area (Å²) in [4.78, 5) is 29.7. The Morgan fingerprint density at radius 3 is 2.83 bits per heavy atom. The molecule has 0 radical (unpaired) electrons. The van der Waals surface area contributed by atoms with Gasteiger partial charge >= 0.3 is 0 Å². The van der Waals surface area contributed by atoms with Crippen molar-refractivity contribution in [1.82, 2.24) is 9.80 Å². The minimum absolute atomic E-state index is 0.0208. The van der Waals surface area contributed by atoms with Gasteiger partial charge in [0.05, 0.1) is 12.6 Å². The Bertz CT molecular complexity index is 1220. The van der Waals surface area contributed by atoms with Crippen LogP contribution in [0.3, 0.4) is 0 Å². The fourth-order valence-electron chi connectivity index (χ4n) is 7.67. The summed E-state index contributed by atoms with van der Waals surface area (Å²) in [5.74, 6) is 1.73. The predicted octanol–water partition coefficient (Wildman–Crippen LogP) is 4.16. The maximum atomic E-state index is 13.3. The molecule has 2 aliphatic heterocycles. The Morgan fingerprint density at radius 1 is 1.20 bits per heavy atom. The molecule has 4 aliphatic rings. The maximum absolute atomic E-state index is 13.3. The average molecular weight is 471 g/mol. The summed E-state index contributed by atoms with van der Waals surface area (Å²) in [7, 11) is 1.93. The zero-order chi connectivity index (χ0) is 24.3. The first-order valence-electron chi connectivity index (χ1n) is 12.9. The van der Waals surface area contributed by atoms with Gasteiger partial charge < -0.3 is 9.64 Å². The molecule has 35 heavy (non-hydrogen) atoms. The summed E-state index contributed by atoms with van der Waals surface area (Å²) in [6, 6.07) is 15.0. The summed E-state index contributed by atoms with van der Waals surface area (Å²) in [5.41, 5.74) is 4.92. The molecule has 0 N–H and O–H groups in total. The van der Waals surface area contributed by atoms with E-state index in [0.717, 1.165) is 43.5 Å². The zero-order valence-electron chi connectivity index (χ0n) is 20.9. The van der Waals surface area contributed by atoms with Gasteiger partial charge in [0.2, 0.25) is 5.91 Å². The van der Waals surface area contributed by atoms with E-state index in [1.165, 1.54) is 16.7 Å². The lowest BCUT2D eigenvalue weighted by Gasteiger charge is -2.60. The summed E-state index contributed by atoms with van der Waals surface area (Å²) in [6.45, 7) is 5.20. The van der Waals surface area contributed by atoms with E-state index in [0.29, 0.717) is 18.5 Å². The largest absolute Gasteiger partial charge is 0.487 e. The van der Waals surface area contributed by atoms with Crippen LogP contribution in [0.15, 0.2) is 48.5 Å². The smallest absolute Gasteiger partial charge is 0.246 e. The molecule has 2 bridgehead atoms. The van der Waals surface area contributed by atoms with Crippen molar-refractivity contribution in [2.24, 2.45) is 5.92 Å². The van der Waals surface area contributed by atoms with Crippen LogP contribution in [-0.4, -0.2) is 59.8 Å². The monoisotopic (exact) mass is 470 g/mol. The van der Waals surface area contributed by atoms with Crippen molar-refractivity contribution in [1.29, 1.82) is 0 Å². The van der Waals surface area contributed by atoms with Crippen LogP contribution in [0.25, 0.3) is 6.08 Å². The number of aryl methyl sites for hydroxylation is 1. The van der Waals surface area contributed by atoms with Gasteiger partial charge in [-0.1, -0.05) is 42.0 Å². The molecular formula is C30H34N2O3. The third-order valence-electron chi connectivity index (χ3n) is 9.03. The Kier molecular flexibility index (Phi) is 5.37. The van der Waals surface area contributed by atoms with Crippen molar-refractivity contribution in [2.75, 3.05) is 20.1 Å². The van der Waals surface area contributed by atoms with Crippen LogP contribution in [-0.2, 0) is 21.4 Å². The van der Waals surface area contributed by atoms with Crippen molar-refractivity contribution in [2.45, 2.75) is 63.1 Å². The van der Waals surface area contributed by atoms with Crippen LogP contribution >= 0.6 is 0 Å². The van der Waals surface area contributed by atoms with E-state index in [9.17, 15) is 9.59 Å². The van der Waals surface area contributed by atoms with Crippen molar-refractivity contribution < 1.29 is 14.3 Å². The average Bonchev–Trinajstić information content (AvgIpc) is 3.17. The van der Waals surface area contributed by atoms with E-state index in [1.807, 2.05) is 30.2 Å². The lowest BCUT2D eigenvalue weighted by atomic mass is 9.51. The summed E-state index contributed by atoms with van der Waals surface area (Å²) in [6.07, 6.45) is 7.51. The van der Waals surface area contributed by atoms with Crippen molar-refractivity contribution in [3.05, 3.63) is 70.8 Å². The SMILES string of the molecule is CC(=O)CN1CC[C@]23c4c5cccc4O[C@H]2[C@H](N(C)C(=O)C=Cc2cccc(C)c2)CC[C@H]3[C@H]1C5. The number of Topliss-reactive ketones (excluding diaryl/α,β-unsaturated/α-hetero) is 1. The highest BCUT2D eigenvalue weighted by molar-refractivity contribution is 5.92. The molecule has 2 heterocycles. The molecule has 0 unspecified atom stereocenters. The molecule has 0 aromatic heterocycles. The molecule has 5 nitrogen and oxygen atoms in total. The van der Waals surface area contributed by atoms with Gasteiger partial charge in [-0.2, -0.15) is 0 Å². The number of piperidine rings is 1. The third-order valence-corrected chi connectivity index (χ3v) is 9.03. The molecule has 2 aromatic carbocycles. The van der Waals surface area contributed by atoms with Gasteiger partial charge in [0.25, 0.3) is 0 Å². The van der Waals surface area contributed by atoms with Crippen LogP contribution in [0.4, 0.5) is 0 Å². The normalized spacial score (nSPS) is 30.6. The molecular weight excluding hydrogens is 436 g/mol. The lowest BCUT2D eigenvalue weighted by Crippen LogP contribution is -2.69. The Labute approximate surface area is 207 Å². The number of amides is 1. The van der Waals surface area contributed by atoms with Gasteiger partial charge in [0, 0.05) is 30.1 Å². The molecule has 2 aromatic rings. The van der Waals surface area contributed by atoms with Gasteiger partial charge in [-0.15, -0.1) is 0 Å². The Balaban J connectivity index is 1.32. The molecule has 2 fully saturated rings. The molecule has 1 spiro atoms. The van der Waals surface area contributed by atoms with Crippen LogP contribution in [0, 0.1) is 12.8 Å². The number of carbonyl (C=O) groups is 2. The van der Waals surface area contributed by atoms with Crippen LogP contribution in [0.5, 0.6) is 5.75 Å². The first-order chi connectivity index (χ1) is 16.9. The highest BCUT2D eigenvalue weighted by Gasteiger charge is 2.65. The van der Waals surface area contributed by atoms with Crippen molar-refractivity contribution >= 4 is 17.8 Å². The molecule has 6 rings (SSSR count). The fourth-order valence-corrected chi connectivity index (χ4v) is 7.67. The van der Waals surface area contributed by atoms with E-state index in [1.54, 1.807) is 13.0 Å². The number of nitrogens with zero attached hydrogens (tertiary/aromatic N) is 2. The zero-order valence-corrected chi connectivity index (χ0v) is 20.9. The molecule has 5 atom stereocenters. The van der Waals surface area contributed by atoms with Gasteiger partial charge in [0.1, 0.15) is 17.6 Å². The minimum Gasteiger partial charge on any atom is -0.487 e. The number of ether oxygens (including phenoxy) is 1. The second-order valence-electron chi connectivity index (χ2n) is 11.0. The van der Waals surface area contributed by atoms with Gasteiger partial charge in [-0.3, -0.25) is 14.5 Å². The highest BCUT2D eigenvalue weighted by Crippen LogP contribution is 2.62. The number of hydrogen-bond donors (Lipinski definition) is 0. The predicted molar refractivity (Wildman–Crippen MR) is 136 cm³/mol. The van der Waals surface area contributed by atoms with Gasteiger partial charge in [-0.05, 0) is 75.3 Å².